The zero-order chi connectivity index (χ0) is 15.9. The van der Waals surface area contributed by atoms with Crippen LogP contribution in [0.5, 0.6) is 0 Å². The fourth-order valence-electron chi connectivity index (χ4n) is 3.87. The third-order valence-corrected chi connectivity index (χ3v) is 6.43. The maximum atomic E-state index is 4.71. The normalized spacial score (nSPS) is 23.6. The minimum absolute atomic E-state index is 0.610. The molecule has 3 aliphatic rings. The number of anilines is 1. The van der Waals surface area contributed by atoms with E-state index < -0.39 is 0 Å². The summed E-state index contributed by atoms with van der Waals surface area (Å²) in [5.41, 5.74) is 1.11. The highest BCUT2D eigenvalue weighted by molar-refractivity contribution is 7.22. The van der Waals surface area contributed by atoms with Crippen molar-refractivity contribution in [2.75, 3.05) is 31.1 Å². The summed E-state index contributed by atoms with van der Waals surface area (Å²) in [6.07, 6.45) is 6.46. The highest BCUT2D eigenvalue weighted by Crippen LogP contribution is 2.33. The zero-order valence-corrected chi connectivity index (χ0v) is 14.4. The summed E-state index contributed by atoms with van der Waals surface area (Å²) in [5.74, 6) is 0.897. The van der Waals surface area contributed by atoms with Crippen molar-refractivity contribution in [2.45, 2.75) is 18.9 Å². The van der Waals surface area contributed by atoms with Crippen LogP contribution in [0.3, 0.4) is 0 Å². The average Bonchev–Trinajstić information content (AvgIpc) is 2.85. The SMILES string of the molecule is c1ccc2sc(-c3cnc(N4CCN5CCC4CC5)nc3)cc2c1. The molecule has 4 nitrogen and oxygen atoms in total. The Balaban J connectivity index is 1.44. The molecule has 3 aliphatic heterocycles. The van der Waals surface area contributed by atoms with E-state index in [0.717, 1.165) is 24.6 Å². The first-order valence-electron chi connectivity index (χ1n) is 8.67. The predicted octanol–water partition coefficient (Wildman–Crippen LogP) is 3.64. The van der Waals surface area contributed by atoms with Crippen LogP contribution in [-0.2, 0) is 0 Å². The van der Waals surface area contributed by atoms with Crippen molar-refractivity contribution < 1.29 is 0 Å². The lowest BCUT2D eigenvalue weighted by molar-refractivity contribution is 0.250. The first-order chi connectivity index (χ1) is 11.9. The van der Waals surface area contributed by atoms with E-state index in [9.17, 15) is 0 Å². The van der Waals surface area contributed by atoms with E-state index in [4.69, 9.17) is 9.97 Å². The van der Waals surface area contributed by atoms with Crippen molar-refractivity contribution in [3.05, 3.63) is 42.7 Å². The van der Waals surface area contributed by atoms with Crippen molar-refractivity contribution in [1.82, 2.24) is 14.9 Å². The maximum absolute atomic E-state index is 4.71. The van der Waals surface area contributed by atoms with E-state index in [1.165, 1.54) is 40.9 Å². The Labute approximate surface area is 145 Å². The van der Waals surface area contributed by atoms with Gasteiger partial charge in [-0.05, 0) is 30.4 Å². The molecule has 3 saturated heterocycles. The van der Waals surface area contributed by atoms with Crippen molar-refractivity contribution in [3.63, 3.8) is 0 Å². The fourth-order valence-corrected chi connectivity index (χ4v) is 4.91. The minimum atomic E-state index is 0.610. The molecule has 6 rings (SSSR count). The molecule has 5 heteroatoms. The molecule has 0 saturated carbocycles. The first-order valence-corrected chi connectivity index (χ1v) is 9.48. The lowest BCUT2D eigenvalue weighted by Crippen LogP contribution is -2.38. The quantitative estimate of drug-likeness (QED) is 0.715. The van der Waals surface area contributed by atoms with Crippen LogP contribution in [0.15, 0.2) is 42.7 Å². The first kappa shape index (κ1) is 14.4. The molecule has 3 aromatic rings. The average molecular weight is 336 g/mol. The molecule has 0 amide bonds. The third-order valence-electron chi connectivity index (χ3n) is 5.26. The van der Waals surface area contributed by atoms with Gasteiger partial charge in [0.25, 0.3) is 0 Å². The summed E-state index contributed by atoms with van der Waals surface area (Å²) >= 11 is 1.81. The lowest BCUT2D eigenvalue weighted by Gasteiger charge is -2.31. The fraction of sp³-hybridized carbons (Fsp3) is 0.368. The monoisotopic (exact) mass is 336 g/mol. The number of hydrogen-bond acceptors (Lipinski definition) is 5. The van der Waals surface area contributed by atoms with E-state index >= 15 is 0 Å². The molecular weight excluding hydrogens is 316 g/mol. The van der Waals surface area contributed by atoms with Crippen LogP contribution in [0.1, 0.15) is 12.8 Å². The number of piperidine rings is 1. The van der Waals surface area contributed by atoms with Gasteiger partial charge in [-0.1, -0.05) is 18.2 Å². The number of nitrogens with zero attached hydrogens (tertiary/aromatic N) is 4. The van der Waals surface area contributed by atoms with Gasteiger partial charge in [-0.3, -0.25) is 0 Å². The summed E-state index contributed by atoms with van der Waals surface area (Å²) in [5, 5.41) is 1.29. The van der Waals surface area contributed by atoms with Gasteiger partial charge in [0.2, 0.25) is 5.95 Å². The molecule has 2 bridgehead atoms. The standard InChI is InChI=1S/C19H20N4S/c1-2-4-17-14(3-1)11-18(24-17)15-12-20-19(21-13-15)23-10-9-22-7-5-16(23)6-8-22/h1-4,11-13,16H,5-10H2. The predicted molar refractivity (Wildman–Crippen MR) is 99.7 cm³/mol. The van der Waals surface area contributed by atoms with Gasteiger partial charge in [-0.15, -0.1) is 11.3 Å². The molecule has 0 N–H and O–H groups in total. The van der Waals surface area contributed by atoms with Crippen LogP contribution in [-0.4, -0.2) is 47.1 Å². The second kappa shape index (κ2) is 5.83. The Morgan fingerprint density at radius 3 is 2.54 bits per heavy atom. The summed E-state index contributed by atoms with van der Waals surface area (Å²) in [6, 6.07) is 11.3. The smallest absolute Gasteiger partial charge is 0.225 e. The molecule has 1 aromatic carbocycles. The van der Waals surface area contributed by atoms with Gasteiger partial charge in [-0.25, -0.2) is 9.97 Å². The number of fused-ring (bicyclic) bond motifs is 5. The Morgan fingerprint density at radius 1 is 0.958 bits per heavy atom. The molecule has 5 heterocycles. The van der Waals surface area contributed by atoms with Gasteiger partial charge >= 0.3 is 0 Å². The molecule has 24 heavy (non-hydrogen) atoms. The topological polar surface area (TPSA) is 32.3 Å². The Kier molecular flexibility index (Phi) is 3.49. The van der Waals surface area contributed by atoms with E-state index in [2.05, 4.69) is 40.1 Å². The number of rotatable bonds is 2. The molecule has 0 aliphatic carbocycles. The van der Waals surface area contributed by atoms with Gasteiger partial charge in [0, 0.05) is 59.8 Å². The number of hydrogen-bond donors (Lipinski definition) is 0. The highest BCUT2D eigenvalue weighted by atomic mass is 32.1. The summed E-state index contributed by atoms with van der Waals surface area (Å²) < 4.78 is 1.31. The van der Waals surface area contributed by atoms with Crippen molar-refractivity contribution in [1.29, 1.82) is 0 Å². The Hall–Kier alpha value is -1.98. The number of thiophene rings is 1. The van der Waals surface area contributed by atoms with Crippen LogP contribution in [0.25, 0.3) is 20.5 Å². The summed E-state index contributed by atoms with van der Waals surface area (Å²) in [4.78, 5) is 15.6. The van der Waals surface area contributed by atoms with E-state index in [1.807, 2.05) is 12.4 Å². The number of benzene rings is 1. The summed E-state index contributed by atoms with van der Waals surface area (Å²) in [7, 11) is 0. The van der Waals surface area contributed by atoms with Crippen LogP contribution < -0.4 is 4.90 Å². The van der Waals surface area contributed by atoms with Crippen LogP contribution in [0.2, 0.25) is 0 Å². The van der Waals surface area contributed by atoms with E-state index in [1.54, 1.807) is 11.3 Å². The van der Waals surface area contributed by atoms with Crippen LogP contribution in [0, 0.1) is 0 Å². The van der Waals surface area contributed by atoms with Gasteiger partial charge in [0.15, 0.2) is 0 Å². The van der Waals surface area contributed by atoms with E-state index in [0.29, 0.717) is 6.04 Å². The van der Waals surface area contributed by atoms with Gasteiger partial charge in [0.05, 0.1) is 0 Å². The van der Waals surface area contributed by atoms with Crippen LogP contribution >= 0.6 is 11.3 Å². The maximum Gasteiger partial charge on any atom is 0.225 e. The minimum Gasteiger partial charge on any atom is -0.336 e. The Bertz CT molecular complexity index is 816. The van der Waals surface area contributed by atoms with Crippen molar-refractivity contribution in [3.8, 4) is 10.4 Å². The van der Waals surface area contributed by atoms with E-state index in [-0.39, 0.29) is 0 Å². The zero-order valence-electron chi connectivity index (χ0n) is 13.6. The Morgan fingerprint density at radius 2 is 1.75 bits per heavy atom. The lowest BCUT2D eigenvalue weighted by atomic mass is 10.1. The summed E-state index contributed by atoms with van der Waals surface area (Å²) in [6.45, 7) is 4.63. The third kappa shape index (κ3) is 2.48. The van der Waals surface area contributed by atoms with Crippen LogP contribution in [0.4, 0.5) is 5.95 Å². The second-order valence-electron chi connectivity index (χ2n) is 6.69. The highest BCUT2D eigenvalue weighted by Gasteiger charge is 2.30. The van der Waals surface area contributed by atoms with Gasteiger partial charge in [0.1, 0.15) is 0 Å². The molecule has 0 spiro atoms. The molecular formula is C19H20N4S. The van der Waals surface area contributed by atoms with Crippen molar-refractivity contribution in [2.24, 2.45) is 0 Å². The van der Waals surface area contributed by atoms with Gasteiger partial charge < -0.3 is 9.80 Å². The van der Waals surface area contributed by atoms with Crippen molar-refractivity contribution >= 4 is 27.4 Å². The second-order valence-corrected chi connectivity index (χ2v) is 7.77. The molecule has 0 radical (unpaired) electrons. The van der Waals surface area contributed by atoms with Gasteiger partial charge in [-0.2, -0.15) is 0 Å². The molecule has 2 aromatic heterocycles. The molecule has 0 unspecified atom stereocenters. The molecule has 3 fully saturated rings. The largest absolute Gasteiger partial charge is 0.336 e. The molecule has 0 atom stereocenters. The molecule has 122 valence electrons. The number of aromatic nitrogens is 2.